The first-order valence-electron chi connectivity index (χ1n) is 6.54. The molecule has 2 aromatic carbocycles. The van der Waals surface area contributed by atoms with Gasteiger partial charge in [0.2, 0.25) is 5.91 Å². The molecule has 1 atom stereocenters. The molecule has 0 radical (unpaired) electrons. The molecule has 1 aliphatic rings. The SMILES string of the molecule is NC(=O)[C@H](SC1=Nc2ccccc2CS1)c1ccccc1. The van der Waals surface area contributed by atoms with Crippen LogP contribution in [0.5, 0.6) is 0 Å². The third-order valence-electron chi connectivity index (χ3n) is 3.13. The molecule has 0 unspecified atom stereocenters. The number of nitrogens with two attached hydrogens (primary N) is 1. The summed E-state index contributed by atoms with van der Waals surface area (Å²) in [6.07, 6.45) is 0. The van der Waals surface area contributed by atoms with E-state index >= 15 is 0 Å². The van der Waals surface area contributed by atoms with Gasteiger partial charge < -0.3 is 5.73 Å². The standard InChI is InChI=1S/C16H14N2OS2/c17-15(19)14(11-6-2-1-3-7-11)21-16-18-13-9-5-4-8-12(13)10-20-16/h1-9,14H,10H2,(H2,17,19)/t14-/m1/s1. The van der Waals surface area contributed by atoms with Gasteiger partial charge in [-0.3, -0.25) is 4.79 Å². The summed E-state index contributed by atoms with van der Waals surface area (Å²) in [4.78, 5) is 16.4. The molecule has 3 rings (SSSR count). The number of aliphatic imine (C=N–C) groups is 1. The van der Waals surface area contributed by atoms with Crippen molar-refractivity contribution < 1.29 is 4.79 Å². The number of carbonyl (C=O) groups excluding carboxylic acids is 1. The number of hydrogen-bond acceptors (Lipinski definition) is 4. The lowest BCUT2D eigenvalue weighted by atomic mass is 10.1. The number of amides is 1. The summed E-state index contributed by atoms with van der Waals surface area (Å²) in [7, 11) is 0. The molecule has 21 heavy (non-hydrogen) atoms. The highest BCUT2D eigenvalue weighted by Crippen LogP contribution is 2.40. The minimum atomic E-state index is -0.400. The highest BCUT2D eigenvalue weighted by molar-refractivity contribution is 8.38. The third kappa shape index (κ3) is 3.31. The van der Waals surface area contributed by atoms with Crippen LogP contribution in [0.3, 0.4) is 0 Å². The van der Waals surface area contributed by atoms with E-state index in [4.69, 9.17) is 5.73 Å². The van der Waals surface area contributed by atoms with Crippen LogP contribution in [0.2, 0.25) is 0 Å². The summed E-state index contributed by atoms with van der Waals surface area (Å²) in [5, 5.41) is -0.400. The summed E-state index contributed by atoms with van der Waals surface area (Å²) >= 11 is 3.08. The van der Waals surface area contributed by atoms with E-state index in [9.17, 15) is 4.79 Å². The molecule has 5 heteroatoms. The number of nitrogens with zero attached hydrogens (tertiary/aromatic N) is 1. The van der Waals surface area contributed by atoms with Crippen LogP contribution in [0.15, 0.2) is 59.6 Å². The van der Waals surface area contributed by atoms with Crippen LogP contribution >= 0.6 is 23.5 Å². The van der Waals surface area contributed by atoms with Gasteiger partial charge in [0.1, 0.15) is 9.63 Å². The van der Waals surface area contributed by atoms with Gasteiger partial charge in [-0.1, -0.05) is 72.1 Å². The maximum Gasteiger partial charge on any atom is 0.235 e. The summed E-state index contributed by atoms with van der Waals surface area (Å²) in [5.41, 5.74) is 8.68. The van der Waals surface area contributed by atoms with Crippen molar-refractivity contribution in [2.24, 2.45) is 10.7 Å². The van der Waals surface area contributed by atoms with Crippen LogP contribution in [0.1, 0.15) is 16.4 Å². The Hall–Kier alpha value is -1.72. The molecule has 1 aliphatic heterocycles. The van der Waals surface area contributed by atoms with Gasteiger partial charge in [-0.2, -0.15) is 0 Å². The maximum absolute atomic E-state index is 11.8. The van der Waals surface area contributed by atoms with Crippen molar-refractivity contribution in [3.05, 3.63) is 65.7 Å². The fraction of sp³-hybridized carbons (Fsp3) is 0.125. The monoisotopic (exact) mass is 314 g/mol. The number of carbonyl (C=O) groups is 1. The molecule has 0 fully saturated rings. The molecular formula is C16H14N2OS2. The molecule has 106 valence electrons. The Morgan fingerprint density at radius 1 is 1.14 bits per heavy atom. The third-order valence-corrected chi connectivity index (χ3v) is 5.60. The summed E-state index contributed by atoms with van der Waals surface area (Å²) < 4.78 is 0.890. The van der Waals surface area contributed by atoms with Gasteiger partial charge in [0, 0.05) is 5.75 Å². The molecular weight excluding hydrogens is 300 g/mol. The predicted octanol–water partition coefficient (Wildman–Crippen LogP) is 3.88. The topological polar surface area (TPSA) is 55.5 Å². The smallest absolute Gasteiger partial charge is 0.235 e. The summed E-state index contributed by atoms with van der Waals surface area (Å²) in [6.45, 7) is 0. The molecule has 2 aromatic rings. The first-order valence-corrected chi connectivity index (χ1v) is 8.41. The van der Waals surface area contributed by atoms with Gasteiger partial charge in [-0.15, -0.1) is 0 Å². The van der Waals surface area contributed by atoms with Gasteiger partial charge in [0.25, 0.3) is 0 Å². The van der Waals surface area contributed by atoms with Crippen LogP contribution in [-0.4, -0.2) is 10.3 Å². The lowest BCUT2D eigenvalue weighted by Gasteiger charge is -2.18. The van der Waals surface area contributed by atoms with E-state index in [1.165, 1.54) is 17.3 Å². The molecule has 0 saturated heterocycles. The largest absolute Gasteiger partial charge is 0.368 e. The Morgan fingerprint density at radius 2 is 1.86 bits per heavy atom. The van der Waals surface area contributed by atoms with Gasteiger partial charge in [0.05, 0.1) is 5.69 Å². The number of rotatable bonds is 3. The number of hydrogen-bond donors (Lipinski definition) is 1. The van der Waals surface area contributed by atoms with Crippen molar-refractivity contribution in [1.29, 1.82) is 0 Å². The van der Waals surface area contributed by atoms with Crippen molar-refractivity contribution in [2.45, 2.75) is 11.0 Å². The lowest BCUT2D eigenvalue weighted by Crippen LogP contribution is -2.20. The maximum atomic E-state index is 11.8. The molecule has 0 saturated carbocycles. The number of fused-ring (bicyclic) bond motifs is 1. The fourth-order valence-electron chi connectivity index (χ4n) is 2.09. The van der Waals surface area contributed by atoms with Gasteiger partial charge >= 0.3 is 0 Å². The Labute approximate surface area is 132 Å². The predicted molar refractivity (Wildman–Crippen MR) is 90.8 cm³/mol. The normalized spacial score (nSPS) is 15.0. The zero-order valence-corrected chi connectivity index (χ0v) is 12.9. The number of primary amides is 1. The molecule has 0 bridgehead atoms. The first-order chi connectivity index (χ1) is 10.2. The Bertz CT molecular complexity index is 686. The minimum Gasteiger partial charge on any atom is -0.368 e. The first kappa shape index (κ1) is 14.2. The molecule has 2 N–H and O–H groups in total. The molecule has 0 aliphatic carbocycles. The Morgan fingerprint density at radius 3 is 2.62 bits per heavy atom. The number of benzene rings is 2. The van der Waals surface area contributed by atoms with Gasteiger partial charge in [-0.25, -0.2) is 4.99 Å². The Kier molecular flexibility index (Phi) is 4.31. The number of thioether (sulfide) groups is 2. The minimum absolute atomic E-state index is 0.339. The van der Waals surface area contributed by atoms with E-state index in [2.05, 4.69) is 11.1 Å². The quantitative estimate of drug-likeness (QED) is 0.935. The second kappa shape index (κ2) is 6.37. The van der Waals surface area contributed by atoms with Gasteiger partial charge in [-0.05, 0) is 17.2 Å². The second-order valence-electron chi connectivity index (χ2n) is 4.61. The zero-order chi connectivity index (χ0) is 14.7. The van der Waals surface area contributed by atoms with E-state index in [1.807, 2.05) is 48.5 Å². The van der Waals surface area contributed by atoms with Crippen LogP contribution in [0.4, 0.5) is 5.69 Å². The molecule has 1 amide bonds. The van der Waals surface area contributed by atoms with E-state index in [-0.39, 0.29) is 5.91 Å². The Balaban J connectivity index is 1.85. The molecule has 0 aromatic heterocycles. The molecule has 0 spiro atoms. The summed E-state index contributed by atoms with van der Waals surface area (Å²) in [5.74, 6) is 0.538. The highest BCUT2D eigenvalue weighted by atomic mass is 32.2. The van der Waals surface area contributed by atoms with Crippen molar-refractivity contribution in [1.82, 2.24) is 0 Å². The van der Waals surface area contributed by atoms with E-state index in [0.29, 0.717) is 0 Å². The van der Waals surface area contributed by atoms with Crippen LogP contribution in [0, 0.1) is 0 Å². The summed E-state index contributed by atoms with van der Waals surface area (Å²) in [6, 6.07) is 17.7. The van der Waals surface area contributed by atoms with Crippen LogP contribution in [0.25, 0.3) is 0 Å². The molecule has 1 heterocycles. The average Bonchev–Trinajstić information content (AvgIpc) is 2.53. The van der Waals surface area contributed by atoms with Crippen LogP contribution in [-0.2, 0) is 10.5 Å². The highest BCUT2D eigenvalue weighted by Gasteiger charge is 2.23. The van der Waals surface area contributed by atoms with Crippen LogP contribution < -0.4 is 5.73 Å². The van der Waals surface area contributed by atoms with E-state index in [1.54, 1.807) is 11.8 Å². The lowest BCUT2D eigenvalue weighted by molar-refractivity contribution is -0.117. The van der Waals surface area contributed by atoms with Crippen molar-refractivity contribution in [3.8, 4) is 0 Å². The van der Waals surface area contributed by atoms with Crippen molar-refractivity contribution >= 4 is 39.5 Å². The average molecular weight is 314 g/mol. The molecule has 3 nitrogen and oxygen atoms in total. The van der Waals surface area contributed by atoms with E-state index < -0.39 is 5.25 Å². The van der Waals surface area contributed by atoms with E-state index in [0.717, 1.165) is 21.4 Å². The second-order valence-corrected chi connectivity index (χ2v) is 6.92. The zero-order valence-electron chi connectivity index (χ0n) is 11.2. The van der Waals surface area contributed by atoms with Gasteiger partial charge in [0.15, 0.2) is 0 Å². The van der Waals surface area contributed by atoms with Crippen molar-refractivity contribution in [2.75, 3.05) is 0 Å². The van der Waals surface area contributed by atoms with Crippen molar-refractivity contribution in [3.63, 3.8) is 0 Å². The fourth-order valence-corrected chi connectivity index (χ4v) is 4.28. The number of para-hydroxylation sites is 1.